The summed E-state index contributed by atoms with van der Waals surface area (Å²) in [7, 11) is 0. The molecule has 7 heteroatoms. The molecule has 0 amide bonds. The van der Waals surface area contributed by atoms with Crippen molar-refractivity contribution in [2.24, 2.45) is 5.73 Å². The quantitative estimate of drug-likeness (QED) is 0.789. The highest BCUT2D eigenvalue weighted by molar-refractivity contribution is 5.48. The topological polar surface area (TPSA) is 66.7 Å². The Bertz CT molecular complexity index is 563. The Morgan fingerprint density at radius 3 is 2.80 bits per heavy atom. The molecule has 4 nitrogen and oxygen atoms in total. The van der Waals surface area contributed by atoms with E-state index in [1.165, 1.54) is 6.07 Å². The molecule has 1 aromatic heterocycles. The van der Waals surface area contributed by atoms with Crippen LogP contribution in [0.2, 0.25) is 0 Å². The van der Waals surface area contributed by atoms with Crippen molar-refractivity contribution in [3.05, 3.63) is 47.3 Å². The van der Waals surface area contributed by atoms with Crippen molar-refractivity contribution < 1.29 is 13.2 Å². The molecule has 108 valence electrons. The van der Waals surface area contributed by atoms with E-state index < -0.39 is 11.7 Å². The van der Waals surface area contributed by atoms with Crippen molar-refractivity contribution >= 4 is 5.69 Å². The third kappa shape index (κ3) is 3.51. The van der Waals surface area contributed by atoms with Gasteiger partial charge in [-0.2, -0.15) is 18.3 Å². The molecule has 0 fully saturated rings. The Labute approximate surface area is 114 Å². The largest absolute Gasteiger partial charge is 0.416 e. The van der Waals surface area contributed by atoms with Gasteiger partial charge in [0, 0.05) is 19.5 Å². The maximum absolute atomic E-state index is 12.6. The zero-order chi connectivity index (χ0) is 14.6. The van der Waals surface area contributed by atoms with E-state index >= 15 is 0 Å². The average molecular weight is 284 g/mol. The zero-order valence-electron chi connectivity index (χ0n) is 10.7. The molecule has 0 unspecified atom stereocenters. The SMILES string of the molecule is NCCNc1cn[nH]c1Cc1cccc(C(F)(F)F)c1. The van der Waals surface area contributed by atoms with E-state index in [0.717, 1.165) is 23.5 Å². The fraction of sp³-hybridized carbons (Fsp3) is 0.308. The van der Waals surface area contributed by atoms with Crippen LogP contribution in [0.1, 0.15) is 16.8 Å². The summed E-state index contributed by atoms with van der Waals surface area (Å²) < 4.78 is 37.9. The number of benzene rings is 1. The van der Waals surface area contributed by atoms with E-state index in [1.807, 2.05) is 0 Å². The first kappa shape index (κ1) is 14.4. The second kappa shape index (κ2) is 5.96. The number of nitrogens with zero attached hydrogens (tertiary/aromatic N) is 1. The number of anilines is 1. The summed E-state index contributed by atoms with van der Waals surface area (Å²) in [5.74, 6) is 0. The first-order valence-electron chi connectivity index (χ1n) is 6.13. The molecule has 0 radical (unpaired) electrons. The summed E-state index contributed by atoms with van der Waals surface area (Å²) in [5, 5.41) is 9.75. The minimum absolute atomic E-state index is 0.344. The van der Waals surface area contributed by atoms with Crippen molar-refractivity contribution in [2.45, 2.75) is 12.6 Å². The fourth-order valence-corrected chi connectivity index (χ4v) is 1.87. The summed E-state index contributed by atoms with van der Waals surface area (Å²) in [6.45, 7) is 1.04. The predicted molar refractivity (Wildman–Crippen MR) is 70.4 cm³/mol. The highest BCUT2D eigenvalue weighted by Crippen LogP contribution is 2.30. The lowest BCUT2D eigenvalue weighted by Crippen LogP contribution is -2.13. The van der Waals surface area contributed by atoms with E-state index in [9.17, 15) is 13.2 Å². The molecule has 0 bridgehead atoms. The van der Waals surface area contributed by atoms with E-state index in [-0.39, 0.29) is 0 Å². The summed E-state index contributed by atoms with van der Waals surface area (Å²) in [6, 6.07) is 5.27. The van der Waals surface area contributed by atoms with Gasteiger partial charge in [0.15, 0.2) is 0 Å². The zero-order valence-corrected chi connectivity index (χ0v) is 10.7. The van der Waals surface area contributed by atoms with E-state index in [2.05, 4.69) is 15.5 Å². The van der Waals surface area contributed by atoms with Crippen LogP contribution >= 0.6 is 0 Å². The Hall–Kier alpha value is -2.02. The fourth-order valence-electron chi connectivity index (χ4n) is 1.87. The van der Waals surface area contributed by atoms with Gasteiger partial charge in [0.2, 0.25) is 0 Å². The molecule has 0 aliphatic carbocycles. The summed E-state index contributed by atoms with van der Waals surface area (Å²) >= 11 is 0. The van der Waals surface area contributed by atoms with Crippen molar-refractivity contribution in [2.75, 3.05) is 18.4 Å². The summed E-state index contributed by atoms with van der Waals surface area (Å²) in [4.78, 5) is 0. The van der Waals surface area contributed by atoms with Gasteiger partial charge in [-0.25, -0.2) is 0 Å². The number of nitrogens with two attached hydrogens (primary N) is 1. The van der Waals surface area contributed by atoms with Crippen molar-refractivity contribution in [1.82, 2.24) is 10.2 Å². The standard InChI is InChI=1S/C13H15F3N4/c14-13(15,16)10-3-1-2-9(6-10)7-11-12(8-19-20-11)18-5-4-17/h1-3,6,8,18H,4-5,7,17H2,(H,19,20). The molecule has 0 spiro atoms. The number of aromatic amines is 1. The number of hydrogen-bond donors (Lipinski definition) is 3. The molecule has 20 heavy (non-hydrogen) atoms. The number of H-pyrrole nitrogens is 1. The van der Waals surface area contributed by atoms with Crippen LogP contribution < -0.4 is 11.1 Å². The number of alkyl halides is 3. The lowest BCUT2D eigenvalue weighted by atomic mass is 10.1. The molecule has 0 atom stereocenters. The molecule has 0 aliphatic rings. The lowest BCUT2D eigenvalue weighted by Gasteiger charge is -2.09. The van der Waals surface area contributed by atoms with Crippen LogP contribution in [0, 0.1) is 0 Å². The van der Waals surface area contributed by atoms with Crippen molar-refractivity contribution in [3.8, 4) is 0 Å². The van der Waals surface area contributed by atoms with Gasteiger partial charge in [0.05, 0.1) is 23.1 Å². The second-order valence-electron chi connectivity index (χ2n) is 4.35. The van der Waals surface area contributed by atoms with Crippen LogP contribution in [0.3, 0.4) is 0 Å². The van der Waals surface area contributed by atoms with E-state index in [0.29, 0.717) is 25.1 Å². The van der Waals surface area contributed by atoms with Crippen LogP contribution in [-0.2, 0) is 12.6 Å². The molecule has 2 aromatic rings. The number of rotatable bonds is 5. The average Bonchev–Trinajstić information content (AvgIpc) is 2.83. The van der Waals surface area contributed by atoms with Gasteiger partial charge in [0.25, 0.3) is 0 Å². The Morgan fingerprint density at radius 2 is 2.10 bits per heavy atom. The van der Waals surface area contributed by atoms with Crippen LogP contribution in [0.5, 0.6) is 0 Å². The van der Waals surface area contributed by atoms with Crippen LogP contribution in [0.4, 0.5) is 18.9 Å². The smallest absolute Gasteiger partial charge is 0.381 e. The van der Waals surface area contributed by atoms with Gasteiger partial charge in [-0.1, -0.05) is 18.2 Å². The highest BCUT2D eigenvalue weighted by Gasteiger charge is 2.30. The number of aromatic nitrogens is 2. The third-order valence-corrected chi connectivity index (χ3v) is 2.81. The Morgan fingerprint density at radius 1 is 1.30 bits per heavy atom. The third-order valence-electron chi connectivity index (χ3n) is 2.81. The lowest BCUT2D eigenvalue weighted by molar-refractivity contribution is -0.137. The van der Waals surface area contributed by atoms with Crippen molar-refractivity contribution in [3.63, 3.8) is 0 Å². The highest BCUT2D eigenvalue weighted by atomic mass is 19.4. The van der Waals surface area contributed by atoms with Gasteiger partial charge < -0.3 is 11.1 Å². The summed E-state index contributed by atoms with van der Waals surface area (Å²) in [6.07, 6.45) is -2.39. The molecular formula is C13H15F3N4. The molecule has 4 N–H and O–H groups in total. The van der Waals surface area contributed by atoms with Gasteiger partial charge in [-0.15, -0.1) is 0 Å². The normalized spacial score (nSPS) is 11.6. The van der Waals surface area contributed by atoms with Crippen LogP contribution in [-0.4, -0.2) is 23.3 Å². The molecule has 0 saturated carbocycles. The summed E-state index contributed by atoms with van der Waals surface area (Å²) in [5.41, 5.74) is 6.81. The molecular weight excluding hydrogens is 269 g/mol. The number of halogens is 3. The van der Waals surface area contributed by atoms with E-state index in [1.54, 1.807) is 12.3 Å². The van der Waals surface area contributed by atoms with Gasteiger partial charge in [-0.05, 0) is 11.6 Å². The first-order valence-corrected chi connectivity index (χ1v) is 6.13. The monoisotopic (exact) mass is 284 g/mol. The van der Waals surface area contributed by atoms with E-state index in [4.69, 9.17) is 5.73 Å². The van der Waals surface area contributed by atoms with Crippen LogP contribution in [0.25, 0.3) is 0 Å². The first-order chi connectivity index (χ1) is 9.50. The second-order valence-corrected chi connectivity index (χ2v) is 4.35. The molecule has 0 aliphatic heterocycles. The number of nitrogens with one attached hydrogen (secondary N) is 2. The van der Waals surface area contributed by atoms with Gasteiger partial charge in [0.1, 0.15) is 0 Å². The molecule has 1 heterocycles. The van der Waals surface area contributed by atoms with Crippen molar-refractivity contribution in [1.29, 1.82) is 0 Å². The maximum atomic E-state index is 12.6. The molecule has 0 saturated heterocycles. The Balaban J connectivity index is 2.16. The van der Waals surface area contributed by atoms with Crippen LogP contribution in [0.15, 0.2) is 30.5 Å². The molecule has 2 rings (SSSR count). The molecule has 1 aromatic carbocycles. The van der Waals surface area contributed by atoms with Gasteiger partial charge in [-0.3, -0.25) is 5.10 Å². The predicted octanol–water partition coefficient (Wildman–Crippen LogP) is 2.39. The minimum atomic E-state index is -4.33. The minimum Gasteiger partial charge on any atom is -0.381 e. The van der Waals surface area contributed by atoms with Gasteiger partial charge >= 0.3 is 6.18 Å². The maximum Gasteiger partial charge on any atom is 0.416 e. The Kier molecular flexibility index (Phi) is 4.29. The number of hydrogen-bond acceptors (Lipinski definition) is 3.